The van der Waals surface area contributed by atoms with E-state index < -0.39 is 5.60 Å². The average Bonchev–Trinajstić information content (AvgIpc) is 3.19. The van der Waals surface area contributed by atoms with E-state index in [9.17, 15) is 9.59 Å². The van der Waals surface area contributed by atoms with Gasteiger partial charge in [-0.25, -0.2) is 4.98 Å². The number of Topliss-reactive ketones (excluding diaryl/α,β-unsaturated/α-hetero) is 1. The second kappa shape index (κ2) is 8.73. The maximum absolute atomic E-state index is 12.2. The minimum atomic E-state index is -0.453. The molecule has 1 aliphatic carbocycles. The molecule has 0 aliphatic heterocycles. The van der Waals surface area contributed by atoms with E-state index in [0.717, 1.165) is 35.1 Å². The van der Waals surface area contributed by atoms with Crippen LogP contribution in [0.4, 0.5) is 5.69 Å². The van der Waals surface area contributed by atoms with Crippen molar-refractivity contribution in [2.24, 2.45) is 5.92 Å². The van der Waals surface area contributed by atoms with Gasteiger partial charge in [0.15, 0.2) is 5.78 Å². The summed E-state index contributed by atoms with van der Waals surface area (Å²) in [6.07, 6.45) is 8.02. The zero-order chi connectivity index (χ0) is 22.9. The fraction of sp³-hybridized carbons (Fsp3) is 0.440. The number of ketones is 1. The third-order valence-corrected chi connectivity index (χ3v) is 5.73. The minimum Gasteiger partial charge on any atom is -0.460 e. The van der Waals surface area contributed by atoms with Crippen molar-refractivity contribution in [2.45, 2.75) is 65.0 Å². The van der Waals surface area contributed by atoms with Crippen LogP contribution in [-0.2, 0) is 9.53 Å². The molecule has 7 nitrogen and oxygen atoms in total. The number of aromatic nitrogens is 3. The lowest BCUT2D eigenvalue weighted by Crippen LogP contribution is -2.37. The van der Waals surface area contributed by atoms with E-state index in [1.165, 1.54) is 0 Å². The highest BCUT2D eigenvalue weighted by Gasteiger charge is 2.33. The van der Waals surface area contributed by atoms with E-state index in [4.69, 9.17) is 4.74 Å². The molecule has 0 amide bonds. The van der Waals surface area contributed by atoms with E-state index in [1.807, 2.05) is 46.0 Å². The molecule has 168 valence electrons. The fourth-order valence-corrected chi connectivity index (χ4v) is 4.16. The van der Waals surface area contributed by atoms with Gasteiger partial charge < -0.3 is 15.0 Å². The Labute approximate surface area is 188 Å². The molecule has 4 rings (SSSR count). The van der Waals surface area contributed by atoms with Crippen LogP contribution in [0.25, 0.3) is 22.3 Å². The molecule has 0 spiro atoms. The number of carbonyl (C=O) groups excluding carboxylic acids is 2. The average molecular weight is 435 g/mol. The number of ether oxygens (including phenoxy) is 1. The Balaban J connectivity index is 1.53. The molecule has 0 unspecified atom stereocenters. The highest BCUT2D eigenvalue weighted by atomic mass is 16.6. The standard InChI is InChI=1S/C25H30N4O3/c1-5-21(30)16-6-8-26-20(13-16)19-14-28-24-18(7-9-27-24)23(19)29-17-10-15(11-17)12-22(31)32-25(2,3)4/h6-9,13-15,17H,5,10-12H2,1-4H3,(H2,27,28,29). The summed E-state index contributed by atoms with van der Waals surface area (Å²) >= 11 is 0. The van der Waals surface area contributed by atoms with Crippen LogP contribution in [0.3, 0.4) is 0 Å². The van der Waals surface area contributed by atoms with Crippen LogP contribution in [0.2, 0.25) is 0 Å². The van der Waals surface area contributed by atoms with Crippen molar-refractivity contribution in [1.82, 2.24) is 15.0 Å². The second-order valence-electron chi connectivity index (χ2n) is 9.46. The number of carbonyl (C=O) groups is 2. The molecule has 1 fully saturated rings. The van der Waals surface area contributed by atoms with Crippen molar-refractivity contribution >= 4 is 28.5 Å². The summed E-state index contributed by atoms with van der Waals surface area (Å²) in [5, 5.41) is 4.63. The molecule has 0 saturated heterocycles. The summed E-state index contributed by atoms with van der Waals surface area (Å²) in [6.45, 7) is 7.52. The summed E-state index contributed by atoms with van der Waals surface area (Å²) in [7, 11) is 0. The van der Waals surface area contributed by atoms with Crippen LogP contribution in [-0.4, -0.2) is 38.3 Å². The molecule has 0 radical (unpaired) electrons. The summed E-state index contributed by atoms with van der Waals surface area (Å²) in [5.41, 5.74) is 3.52. The van der Waals surface area contributed by atoms with E-state index in [0.29, 0.717) is 30.0 Å². The number of H-pyrrole nitrogens is 1. The van der Waals surface area contributed by atoms with Gasteiger partial charge in [0.25, 0.3) is 0 Å². The second-order valence-corrected chi connectivity index (χ2v) is 9.46. The maximum atomic E-state index is 12.2. The van der Waals surface area contributed by atoms with Gasteiger partial charge in [0.05, 0.1) is 11.4 Å². The Hall–Kier alpha value is -3.22. The molecular weight excluding hydrogens is 404 g/mol. The molecule has 2 N–H and O–H groups in total. The van der Waals surface area contributed by atoms with Crippen LogP contribution in [0, 0.1) is 5.92 Å². The number of aromatic amines is 1. The Morgan fingerprint density at radius 3 is 2.72 bits per heavy atom. The maximum Gasteiger partial charge on any atom is 0.306 e. The molecule has 3 aromatic heterocycles. The molecule has 3 heterocycles. The van der Waals surface area contributed by atoms with Crippen LogP contribution >= 0.6 is 0 Å². The number of hydrogen-bond acceptors (Lipinski definition) is 6. The molecule has 32 heavy (non-hydrogen) atoms. The molecule has 0 aromatic carbocycles. The molecule has 7 heteroatoms. The van der Waals surface area contributed by atoms with Gasteiger partial charge in [-0.15, -0.1) is 0 Å². The third-order valence-electron chi connectivity index (χ3n) is 5.73. The number of pyridine rings is 2. The summed E-state index contributed by atoms with van der Waals surface area (Å²) < 4.78 is 5.45. The molecule has 1 aliphatic rings. The largest absolute Gasteiger partial charge is 0.460 e. The quantitative estimate of drug-likeness (QED) is 0.395. The normalized spacial score (nSPS) is 18.2. The highest BCUT2D eigenvalue weighted by molar-refractivity contribution is 6.00. The Morgan fingerprint density at radius 1 is 1.22 bits per heavy atom. The third kappa shape index (κ3) is 4.82. The minimum absolute atomic E-state index is 0.0859. The lowest BCUT2D eigenvalue weighted by Gasteiger charge is -2.37. The first-order valence-corrected chi connectivity index (χ1v) is 11.2. The van der Waals surface area contributed by atoms with Crippen LogP contribution in [0.5, 0.6) is 0 Å². The number of anilines is 1. The van der Waals surface area contributed by atoms with Gasteiger partial charge in [-0.05, 0) is 57.7 Å². The molecule has 3 aromatic rings. The lowest BCUT2D eigenvalue weighted by molar-refractivity contribution is -0.156. The molecule has 1 saturated carbocycles. The lowest BCUT2D eigenvalue weighted by atomic mass is 9.78. The van der Waals surface area contributed by atoms with Crippen LogP contribution in [0.15, 0.2) is 36.8 Å². The highest BCUT2D eigenvalue weighted by Crippen LogP contribution is 2.38. The van der Waals surface area contributed by atoms with Gasteiger partial charge in [-0.3, -0.25) is 14.6 Å². The van der Waals surface area contributed by atoms with Crippen molar-refractivity contribution < 1.29 is 14.3 Å². The van der Waals surface area contributed by atoms with E-state index in [-0.39, 0.29) is 17.8 Å². The number of nitrogens with one attached hydrogen (secondary N) is 2. The Morgan fingerprint density at radius 2 is 2.00 bits per heavy atom. The van der Waals surface area contributed by atoms with Crippen molar-refractivity contribution in [2.75, 3.05) is 5.32 Å². The van der Waals surface area contributed by atoms with Gasteiger partial charge in [-0.1, -0.05) is 6.92 Å². The van der Waals surface area contributed by atoms with E-state index >= 15 is 0 Å². The van der Waals surface area contributed by atoms with E-state index in [2.05, 4.69) is 20.3 Å². The first kappa shape index (κ1) is 22.0. The topological polar surface area (TPSA) is 97.0 Å². The first-order valence-electron chi connectivity index (χ1n) is 11.2. The predicted octanol–water partition coefficient (Wildman–Crippen LogP) is 5.14. The number of nitrogens with zero attached hydrogens (tertiary/aromatic N) is 2. The number of hydrogen-bond donors (Lipinski definition) is 2. The van der Waals surface area contributed by atoms with E-state index in [1.54, 1.807) is 18.5 Å². The van der Waals surface area contributed by atoms with Crippen LogP contribution in [0.1, 0.15) is 63.7 Å². The molecule has 0 atom stereocenters. The first-order chi connectivity index (χ1) is 15.2. The number of rotatable bonds is 7. The number of esters is 1. The SMILES string of the molecule is CCC(=O)c1ccnc(-c2cnc3[nH]ccc3c2NC2CC(CC(=O)OC(C)(C)C)C2)c1. The molecule has 0 bridgehead atoms. The summed E-state index contributed by atoms with van der Waals surface area (Å²) in [6, 6.07) is 5.82. The Bertz CT molecular complexity index is 1140. The van der Waals surface area contributed by atoms with Gasteiger partial charge in [-0.2, -0.15) is 0 Å². The monoisotopic (exact) mass is 434 g/mol. The molecular formula is C25H30N4O3. The smallest absolute Gasteiger partial charge is 0.306 e. The van der Waals surface area contributed by atoms with Gasteiger partial charge in [0.2, 0.25) is 0 Å². The Kier molecular flexibility index (Phi) is 6.00. The fourth-order valence-electron chi connectivity index (χ4n) is 4.16. The number of fused-ring (bicyclic) bond motifs is 1. The van der Waals surface area contributed by atoms with Gasteiger partial charge in [0.1, 0.15) is 11.2 Å². The van der Waals surface area contributed by atoms with Crippen molar-refractivity contribution in [1.29, 1.82) is 0 Å². The van der Waals surface area contributed by atoms with Gasteiger partial charge >= 0.3 is 5.97 Å². The summed E-state index contributed by atoms with van der Waals surface area (Å²) in [5.74, 6) is 0.265. The zero-order valence-corrected chi connectivity index (χ0v) is 19.1. The summed E-state index contributed by atoms with van der Waals surface area (Å²) in [4.78, 5) is 36.5. The predicted molar refractivity (Wildman–Crippen MR) is 125 cm³/mol. The van der Waals surface area contributed by atoms with Crippen LogP contribution < -0.4 is 5.32 Å². The van der Waals surface area contributed by atoms with Crippen molar-refractivity contribution in [3.63, 3.8) is 0 Å². The van der Waals surface area contributed by atoms with Gasteiger partial charge in [0, 0.05) is 54.0 Å². The zero-order valence-electron chi connectivity index (χ0n) is 19.1. The van der Waals surface area contributed by atoms with Crippen molar-refractivity contribution in [3.05, 3.63) is 42.4 Å². The van der Waals surface area contributed by atoms with Crippen molar-refractivity contribution in [3.8, 4) is 11.3 Å².